The van der Waals surface area contributed by atoms with Gasteiger partial charge in [-0.3, -0.25) is 0 Å². The van der Waals surface area contributed by atoms with Gasteiger partial charge in [0.15, 0.2) is 0 Å². The summed E-state index contributed by atoms with van der Waals surface area (Å²) in [6.45, 7) is 2.94. The summed E-state index contributed by atoms with van der Waals surface area (Å²) in [5, 5.41) is 3.50. The van der Waals surface area contributed by atoms with Gasteiger partial charge in [-0.15, -0.1) is 0 Å². The van der Waals surface area contributed by atoms with E-state index in [0.29, 0.717) is 0 Å². The summed E-state index contributed by atoms with van der Waals surface area (Å²) in [7, 11) is 2.01. The van der Waals surface area contributed by atoms with E-state index < -0.39 is 0 Å². The Kier molecular flexibility index (Phi) is 3.73. The van der Waals surface area contributed by atoms with E-state index in [4.69, 9.17) is 0 Å². The van der Waals surface area contributed by atoms with Crippen molar-refractivity contribution in [2.45, 2.75) is 19.5 Å². The lowest BCUT2D eigenvalue weighted by Crippen LogP contribution is -2.12. The summed E-state index contributed by atoms with van der Waals surface area (Å²) in [5.74, 6) is 1.02. The van der Waals surface area contributed by atoms with Crippen LogP contribution in [0, 0.1) is 0 Å². The Balaban J connectivity index is 1.72. The quantitative estimate of drug-likeness (QED) is 0.782. The Morgan fingerprint density at radius 1 is 1.24 bits per heavy atom. The fourth-order valence-corrected chi connectivity index (χ4v) is 2.46. The SMILES string of the molecule is CC(Nc1cccc(Cn2ccnc2)c1)c1nccn1C. The summed E-state index contributed by atoms with van der Waals surface area (Å²) < 4.78 is 4.09. The van der Waals surface area contributed by atoms with Crippen molar-refractivity contribution in [3.63, 3.8) is 0 Å². The molecule has 5 heteroatoms. The van der Waals surface area contributed by atoms with E-state index in [-0.39, 0.29) is 6.04 Å². The number of aromatic nitrogens is 4. The average molecular weight is 281 g/mol. The van der Waals surface area contributed by atoms with Crippen LogP contribution in [0.2, 0.25) is 0 Å². The van der Waals surface area contributed by atoms with Crippen LogP contribution in [-0.4, -0.2) is 19.1 Å². The van der Waals surface area contributed by atoms with Gasteiger partial charge in [0.05, 0.1) is 12.4 Å². The number of benzene rings is 1. The number of imidazole rings is 2. The Morgan fingerprint density at radius 3 is 2.86 bits per heavy atom. The molecule has 5 nitrogen and oxygen atoms in total. The second-order valence-corrected chi connectivity index (χ2v) is 5.20. The number of aryl methyl sites for hydroxylation is 1. The smallest absolute Gasteiger partial charge is 0.130 e. The molecule has 108 valence electrons. The molecule has 1 N–H and O–H groups in total. The highest BCUT2D eigenvalue weighted by Crippen LogP contribution is 2.19. The van der Waals surface area contributed by atoms with Crippen LogP contribution in [0.3, 0.4) is 0 Å². The molecule has 3 rings (SSSR count). The highest BCUT2D eigenvalue weighted by molar-refractivity contribution is 5.47. The lowest BCUT2D eigenvalue weighted by Gasteiger charge is -2.16. The molecule has 0 aliphatic heterocycles. The van der Waals surface area contributed by atoms with E-state index in [1.807, 2.05) is 36.5 Å². The van der Waals surface area contributed by atoms with Gasteiger partial charge in [-0.2, -0.15) is 0 Å². The maximum Gasteiger partial charge on any atom is 0.130 e. The Bertz CT molecular complexity index is 699. The molecule has 0 radical (unpaired) electrons. The molecule has 0 fully saturated rings. The summed E-state index contributed by atoms with van der Waals surface area (Å²) in [5.41, 5.74) is 2.34. The highest BCUT2D eigenvalue weighted by Gasteiger charge is 2.10. The largest absolute Gasteiger partial charge is 0.375 e. The molecule has 0 aliphatic carbocycles. The maximum absolute atomic E-state index is 4.38. The molecule has 0 amide bonds. The number of nitrogens with zero attached hydrogens (tertiary/aromatic N) is 4. The molecule has 0 spiro atoms. The molecule has 1 aromatic carbocycles. The monoisotopic (exact) mass is 281 g/mol. The molecular weight excluding hydrogens is 262 g/mol. The molecule has 3 aromatic rings. The van der Waals surface area contributed by atoms with Gasteiger partial charge < -0.3 is 14.5 Å². The van der Waals surface area contributed by atoms with E-state index in [0.717, 1.165) is 18.1 Å². The van der Waals surface area contributed by atoms with Crippen molar-refractivity contribution in [3.8, 4) is 0 Å². The van der Waals surface area contributed by atoms with Gasteiger partial charge in [0.2, 0.25) is 0 Å². The van der Waals surface area contributed by atoms with Crippen molar-refractivity contribution in [2.24, 2.45) is 7.05 Å². The van der Waals surface area contributed by atoms with Gasteiger partial charge in [0.1, 0.15) is 5.82 Å². The minimum Gasteiger partial charge on any atom is -0.375 e. The van der Waals surface area contributed by atoms with Crippen LogP contribution in [0.5, 0.6) is 0 Å². The third-order valence-corrected chi connectivity index (χ3v) is 3.48. The van der Waals surface area contributed by atoms with Crippen molar-refractivity contribution in [2.75, 3.05) is 5.32 Å². The number of hydrogen-bond acceptors (Lipinski definition) is 3. The minimum absolute atomic E-state index is 0.161. The lowest BCUT2D eigenvalue weighted by atomic mass is 10.2. The standard InChI is InChI=1S/C16H19N5/c1-13(16-18-7-8-20(16)2)19-15-5-3-4-14(10-15)11-21-9-6-17-12-21/h3-10,12-13,19H,11H2,1-2H3. The predicted molar refractivity (Wildman–Crippen MR) is 83.0 cm³/mol. The number of nitrogens with one attached hydrogen (secondary N) is 1. The normalized spacial score (nSPS) is 12.3. The predicted octanol–water partition coefficient (Wildman–Crippen LogP) is 2.84. The number of anilines is 1. The van der Waals surface area contributed by atoms with Crippen molar-refractivity contribution in [1.29, 1.82) is 0 Å². The van der Waals surface area contributed by atoms with E-state index in [9.17, 15) is 0 Å². The Labute approximate surface area is 124 Å². The van der Waals surface area contributed by atoms with Crippen molar-refractivity contribution in [1.82, 2.24) is 19.1 Å². The van der Waals surface area contributed by atoms with E-state index in [1.54, 1.807) is 6.20 Å². The highest BCUT2D eigenvalue weighted by atomic mass is 15.1. The fourth-order valence-electron chi connectivity index (χ4n) is 2.46. The average Bonchev–Trinajstić information content (AvgIpc) is 3.10. The molecular formula is C16H19N5. The van der Waals surface area contributed by atoms with Gasteiger partial charge in [-0.25, -0.2) is 9.97 Å². The van der Waals surface area contributed by atoms with Gasteiger partial charge in [-0.05, 0) is 24.6 Å². The Morgan fingerprint density at radius 2 is 2.14 bits per heavy atom. The fraction of sp³-hybridized carbons (Fsp3) is 0.250. The van der Waals surface area contributed by atoms with E-state index >= 15 is 0 Å². The van der Waals surface area contributed by atoms with Gasteiger partial charge in [0.25, 0.3) is 0 Å². The van der Waals surface area contributed by atoms with Crippen LogP contribution in [-0.2, 0) is 13.6 Å². The third kappa shape index (κ3) is 3.13. The molecule has 21 heavy (non-hydrogen) atoms. The number of hydrogen-bond donors (Lipinski definition) is 1. The second-order valence-electron chi connectivity index (χ2n) is 5.20. The molecule has 0 saturated carbocycles. The van der Waals surface area contributed by atoms with Crippen molar-refractivity contribution < 1.29 is 0 Å². The maximum atomic E-state index is 4.38. The third-order valence-electron chi connectivity index (χ3n) is 3.48. The zero-order chi connectivity index (χ0) is 14.7. The van der Waals surface area contributed by atoms with Crippen LogP contribution < -0.4 is 5.32 Å². The van der Waals surface area contributed by atoms with Gasteiger partial charge in [0, 0.05) is 44.1 Å². The number of rotatable bonds is 5. The van der Waals surface area contributed by atoms with Crippen LogP contribution in [0.25, 0.3) is 0 Å². The molecule has 0 aliphatic rings. The van der Waals surface area contributed by atoms with Crippen LogP contribution >= 0.6 is 0 Å². The summed E-state index contributed by atoms with van der Waals surface area (Å²) in [4.78, 5) is 8.45. The van der Waals surface area contributed by atoms with Crippen molar-refractivity contribution in [3.05, 3.63) is 66.8 Å². The van der Waals surface area contributed by atoms with Gasteiger partial charge >= 0.3 is 0 Å². The van der Waals surface area contributed by atoms with Crippen LogP contribution in [0.4, 0.5) is 5.69 Å². The molecule has 1 unspecified atom stereocenters. The first kappa shape index (κ1) is 13.4. The van der Waals surface area contributed by atoms with Crippen LogP contribution in [0.1, 0.15) is 24.4 Å². The molecule has 0 saturated heterocycles. The van der Waals surface area contributed by atoms with Crippen molar-refractivity contribution >= 4 is 5.69 Å². The molecule has 0 bridgehead atoms. The Hall–Kier alpha value is -2.56. The zero-order valence-corrected chi connectivity index (χ0v) is 12.3. The molecule has 2 heterocycles. The first-order chi connectivity index (χ1) is 10.2. The molecule has 2 aromatic heterocycles. The van der Waals surface area contributed by atoms with Gasteiger partial charge in [-0.1, -0.05) is 12.1 Å². The topological polar surface area (TPSA) is 47.7 Å². The van der Waals surface area contributed by atoms with E-state index in [2.05, 4.69) is 51.0 Å². The van der Waals surface area contributed by atoms with Crippen LogP contribution in [0.15, 0.2) is 55.4 Å². The van der Waals surface area contributed by atoms with E-state index in [1.165, 1.54) is 5.56 Å². The summed E-state index contributed by atoms with van der Waals surface area (Å²) in [6.07, 6.45) is 9.38. The first-order valence-electron chi connectivity index (χ1n) is 7.01. The molecule has 1 atom stereocenters. The first-order valence-corrected chi connectivity index (χ1v) is 7.01. The minimum atomic E-state index is 0.161. The lowest BCUT2D eigenvalue weighted by molar-refractivity contribution is 0.721. The second kappa shape index (κ2) is 5.83. The summed E-state index contributed by atoms with van der Waals surface area (Å²) in [6, 6.07) is 8.60. The summed E-state index contributed by atoms with van der Waals surface area (Å²) >= 11 is 0. The zero-order valence-electron chi connectivity index (χ0n) is 12.3.